The van der Waals surface area contributed by atoms with Gasteiger partial charge in [0.2, 0.25) is 23.6 Å². The number of hydrogen-bond acceptors (Lipinski definition) is 8. The lowest BCUT2D eigenvalue weighted by Crippen LogP contribution is -2.58. The van der Waals surface area contributed by atoms with Crippen LogP contribution < -0.4 is 22.1 Å². The largest absolute Gasteiger partial charge is 0.508 e. The van der Waals surface area contributed by atoms with Crippen LogP contribution in [0.25, 0.3) is 0 Å². The number of primary amides is 1. The minimum absolute atomic E-state index is 0.0435. The molecule has 0 aliphatic carbocycles. The summed E-state index contributed by atoms with van der Waals surface area (Å²) in [6.07, 6.45) is -0.837. The van der Waals surface area contributed by atoms with Gasteiger partial charge in [-0.15, -0.1) is 0 Å². The second-order valence-corrected chi connectivity index (χ2v) is 8.40. The third kappa shape index (κ3) is 7.94. The number of phenolic OH excluding ortho intramolecular Hbond substituents is 1. The number of aromatic hydroxyl groups is 1. The van der Waals surface area contributed by atoms with Crippen molar-refractivity contribution < 1.29 is 44.1 Å². The van der Waals surface area contributed by atoms with Gasteiger partial charge in [-0.25, -0.2) is 4.79 Å². The average molecular weight is 508 g/mol. The highest BCUT2D eigenvalue weighted by atomic mass is 16.4. The van der Waals surface area contributed by atoms with Gasteiger partial charge in [0.25, 0.3) is 0 Å². The molecule has 0 spiro atoms. The topological polar surface area (TPSA) is 242 Å². The molecule has 1 aliphatic heterocycles. The predicted octanol–water partition coefficient (Wildman–Crippen LogP) is -2.34. The van der Waals surface area contributed by atoms with Gasteiger partial charge in [0.15, 0.2) is 0 Å². The standard InChI is InChI=1S/C22H29N5O9/c23-13(9-18(30)31)19(32)25-14(8-11-3-5-12(28)6-4-11)20(33)26-15(10-17(24)29)21(34)27-7-1-2-16(27)22(35)36/h3-6,13-16,28H,1-2,7-10,23H2,(H2,24,29)(H,25,32)(H,26,33)(H,30,31)(H,35,36). The zero-order valence-electron chi connectivity index (χ0n) is 19.3. The molecule has 9 N–H and O–H groups in total. The zero-order valence-corrected chi connectivity index (χ0v) is 19.3. The highest BCUT2D eigenvalue weighted by molar-refractivity contribution is 5.96. The van der Waals surface area contributed by atoms with E-state index in [0.29, 0.717) is 12.0 Å². The maximum Gasteiger partial charge on any atom is 0.326 e. The number of likely N-dealkylation sites (tertiary alicyclic amines) is 1. The van der Waals surface area contributed by atoms with Crippen LogP contribution in [0.4, 0.5) is 0 Å². The van der Waals surface area contributed by atoms with Gasteiger partial charge in [-0.05, 0) is 30.5 Å². The van der Waals surface area contributed by atoms with Crippen molar-refractivity contribution in [3.05, 3.63) is 29.8 Å². The van der Waals surface area contributed by atoms with Crippen molar-refractivity contribution in [1.82, 2.24) is 15.5 Å². The van der Waals surface area contributed by atoms with Crippen LogP contribution in [-0.4, -0.2) is 86.5 Å². The first kappa shape index (κ1) is 28.0. The second kappa shape index (κ2) is 12.5. The molecule has 14 nitrogen and oxygen atoms in total. The number of nitrogens with one attached hydrogen (secondary N) is 2. The van der Waals surface area contributed by atoms with Gasteiger partial charge in [0, 0.05) is 13.0 Å². The highest BCUT2D eigenvalue weighted by Crippen LogP contribution is 2.19. The normalized spacial score (nSPS) is 17.5. The van der Waals surface area contributed by atoms with Gasteiger partial charge in [-0.1, -0.05) is 12.1 Å². The molecular formula is C22H29N5O9. The molecule has 4 unspecified atom stereocenters. The summed E-state index contributed by atoms with van der Waals surface area (Å²) in [6, 6.07) is 0.204. The minimum Gasteiger partial charge on any atom is -0.508 e. The molecule has 2 rings (SSSR count). The lowest BCUT2D eigenvalue weighted by molar-refractivity contribution is -0.149. The molecular weight excluding hydrogens is 478 g/mol. The van der Waals surface area contributed by atoms with E-state index >= 15 is 0 Å². The van der Waals surface area contributed by atoms with E-state index in [4.69, 9.17) is 16.6 Å². The summed E-state index contributed by atoms with van der Waals surface area (Å²) in [4.78, 5) is 73.7. The lowest BCUT2D eigenvalue weighted by atomic mass is 10.0. The van der Waals surface area contributed by atoms with Crippen molar-refractivity contribution in [2.45, 2.75) is 56.3 Å². The summed E-state index contributed by atoms with van der Waals surface area (Å²) < 4.78 is 0. The van der Waals surface area contributed by atoms with E-state index in [1.54, 1.807) is 0 Å². The van der Waals surface area contributed by atoms with E-state index in [1.165, 1.54) is 24.3 Å². The molecule has 1 saturated heterocycles. The summed E-state index contributed by atoms with van der Waals surface area (Å²) >= 11 is 0. The van der Waals surface area contributed by atoms with Crippen molar-refractivity contribution >= 4 is 35.6 Å². The van der Waals surface area contributed by atoms with Crippen LogP contribution in [0, 0.1) is 0 Å². The van der Waals surface area contributed by atoms with Crippen LogP contribution in [0.3, 0.4) is 0 Å². The van der Waals surface area contributed by atoms with Gasteiger partial charge < -0.3 is 42.3 Å². The summed E-state index contributed by atoms with van der Waals surface area (Å²) in [6.45, 7) is 0.110. The first-order valence-corrected chi connectivity index (χ1v) is 11.1. The molecule has 196 valence electrons. The highest BCUT2D eigenvalue weighted by Gasteiger charge is 2.39. The van der Waals surface area contributed by atoms with E-state index in [2.05, 4.69) is 10.6 Å². The Balaban J connectivity index is 2.26. The smallest absolute Gasteiger partial charge is 0.326 e. The van der Waals surface area contributed by atoms with Crippen molar-refractivity contribution in [2.24, 2.45) is 11.5 Å². The number of carbonyl (C=O) groups excluding carboxylic acids is 4. The van der Waals surface area contributed by atoms with Gasteiger partial charge in [0.05, 0.1) is 18.9 Å². The summed E-state index contributed by atoms with van der Waals surface area (Å²) in [7, 11) is 0. The fraction of sp³-hybridized carbons (Fsp3) is 0.455. The summed E-state index contributed by atoms with van der Waals surface area (Å²) in [5.74, 6) is -6.20. The Morgan fingerprint density at radius 2 is 1.58 bits per heavy atom. The molecule has 36 heavy (non-hydrogen) atoms. The van der Waals surface area contributed by atoms with Crippen molar-refractivity contribution in [3.8, 4) is 5.75 Å². The van der Waals surface area contributed by atoms with Gasteiger partial charge in [-0.3, -0.25) is 24.0 Å². The number of aliphatic carboxylic acids is 2. The summed E-state index contributed by atoms with van der Waals surface area (Å²) in [5, 5.41) is 32.4. The number of amides is 4. The van der Waals surface area contributed by atoms with Crippen LogP contribution in [0.15, 0.2) is 24.3 Å². The number of rotatable bonds is 12. The molecule has 0 saturated carbocycles. The molecule has 14 heteroatoms. The van der Waals surface area contributed by atoms with Crippen LogP contribution in [0.2, 0.25) is 0 Å². The average Bonchev–Trinajstić information content (AvgIpc) is 3.28. The molecule has 0 radical (unpaired) electrons. The SMILES string of the molecule is NC(=O)CC(NC(=O)C(Cc1ccc(O)cc1)NC(=O)C(N)CC(=O)O)C(=O)N1CCCC1C(=O)O. The number of phenols is 1. The number of benzene rings is 1. The number of nitrogens with two attached hydrogens (primary N) is 2. The molecule has 1 fully saturated rings. The van der Waals surface area contributed by atoms with Crippen LogP contribution in [-0.2, 0) is 35.2 Å². The Labute approximate surface area is 205 Å². The predicted molar refractivity (Wildman–Crippen MR) is 122 cm³/mol. The third-order valence-electron chi connectivity index (χ3n) is 5.58. The number of carboxylic acids is 2. The van der Waals surface area contributed by atoms with E-state index < -0.39 is 72.6 Å². The first-order valence-electron chi connectivity index (χ1n) is 11.1. The molecule has 1 aromatic rings. The Hall–Kier alpha value is -4.20. The van der Waals surface area contributed by atoms with E-state index in [-0.39, 0.29) is 25.1 Å². The maximum atomic E-state index is 13.1. The second-order valence-electron chi connectivity index (χ2n) is 8.40. The maximum absolute atomic E-state index is 13.1. The van der Waals surface area contributed by atoms with Crippen LogP contribution in [0.1, 0.15) is 31.2 Å². The third-order valence-corrected chi connectivity index (χ3v) is 5.58. The van der Waals surface area contributed by atoms with Crippen molar-refractivity contribution in [2.75, 3.05) is 6.54 Å². The van der Waals surface area contributed by atoms with E-state index in [1.807, 2.05) is 0 Å². The first-order chi connectivity index (χ1) is 16.9. The van der Waals surface area contributed by atoms with E-state index in [0.717, 1.165) is 4.90 Å². The molecule has 0 bridgehead atoms. The Morgan fingerprint density at radius 1 is 0.972 bits per heavy atom. The van der Waals surface area contributed by atoms with Crippen molar-refractivity contribution in [3.63, 3.8) is 0 Å². The van der Waals surface area contributed by atoms with Gasteiger partial charge >= 0.3 is 11.9 Å². The molecule has 4 amide bonds. The number of carbonyl (C=O) groups is 6. The number of hydrogen-bond donors (Lipinski definition) is 7. The zero-order chi connectivity index (χ0) is 27.0. The van der Waals surface area contributed by atoms with E-state index in [9.17, 15) is 39.0 Å². The Bertz CT molecular complexity index is 1010. The molecule has 1 aliphatic rings. The molecule has 0 aromatic heterocycles. The van der Waals surface area contributed by atoms with Gasteiger partial charge in [-0.2, -0.15) is 0 Å². The molecule has 4 atom stereocenters. The molecule has 1 heterocycles. The minimum atomic E-state index is -1.50. The lowest BCUT2D eigenvalue weighted by Gasteiger charge is -2.28. The fourth-order valence-corrected chi connectivity index (χ4v) is 3.80. The Kier molecular flexibility index (Phi) is 9.73. The van der Waals surface area contributed by atoms with Crippen molar-refractivity contribution in [1.29, 1.82) is 0 Å². The number of carboxylic acid groups (broad SMARTS) is 2. The number of nitrogens with zero attached hydrogens (tertiary/aromatic N) is 1. The van der Waals surface area contributed by atoms with Gasteiger partial charge in [0.1, 0.15) is 23.9 Å². The molecule has 1 aromatic carbocycles. The monoisotopic (exact) mass is 507 g/mol. The van der Waals surface area contributed by atoms with Crippen LogP contribution in [0.5, 0.6) is 5.75 Å². The fourth-order valence-electron chi connectivity index (χ4n) is 3.80. The summed E-state index contributed by atoms with van der Waals surface area (Å²) in [5.41, 5.74) is 11.3. The van der Waals surface area contributed by atoms with Crippen LogP contribution >= 0.6 is 0 Å². The Morgan fingerprint density at radius 3 is 2.14 bits per heavy atom. The quantitative estimate of drug-likeness (QED) is 0.159.